The molecule has 0 bridgehead atoms. The molecule has 25 heavy (non-hydrogen) atoms. The summed E-state index contributed by atoms with van der Waals surface area (Å²) in [5.74, 6) is 0.889. The number of benzene rings is 1. The first-order valence-electron chi connectivity index (χ1n) is 8.30. The SMILES string of the molecule is Cc1oc(-c2cccc(C(F)(F)F)c2)nc1CN1CCN(C)[C@H](C)C1. The Morgan fingerprint density at radius 1 is 1.28 bits per heavy atom. The highest BCUT2D eigenvalue weighted by Crippen LogP contribution is 2.32. The second-order valence-electron chi connectivity index (χ2n) is 6.67. The van der Waals surface area contributed by atoms with Gasteiger partial charge in [-0.3, -0.25) is 4.90 Å². The van der Waals surface area contributed by atoms with Gasteiger partial charge in [-0.05, 0) is 39.1 Å². The number of hydrogen-bond donors (Lipinski definition) is 0. The molecule has 0 spiro atoms. The van der Waals surface area contributed by atoms with Gasteiger partial charge in [-0.15, -0.1) is 0 Å². The van der Waals surface area contributed by atoms with Crippen LogP contribution in [0.25, 0.3) is 11.5 Å². The zero-order valence-corrected chi connectivity index (χ0v) is 14.6. The lowest BCUT2D eigenvalue weighted by Gasteiger charge is -2.37. The molecule has 0 amide bonds. The van der Waals surface area contributed by atoms with E-state index in [0.29, 0.717) is 23.9 Å². The third-order valence-electron chi connectivity index (χ3n) is 4.75. The van der Waals surface area contributed by atoms with E-state index >= 15 is 0 Å². The van der Waals surface area contributed by atoms with E-state index in [1.54, 1.807) is 13.0 Å². The fourth-order valence-corrected chi connectivity index (χ4v) is 3.01. The van der Waals surface area contributed by atoms with Crippen molar-refractivity contribution in [1.29, 1.82) is 0 Å². The normalized spacial score (nSPS) is 20.2. The molecule has 1 aliphatic heterocycles. The van der Waals surface area contributed by atoms with Gasteiger partial charge >= 0.3 is 6.18 Å². The van der Waals surface area contributed by atoms with Crippen molar-refractivity contribution in [3.05, 3.63) is 41.3 Å². The minimum Gasteiger partial charge on any atom is -0.441 e. The van der Waals surface area contributed by atoms with Crippen LogP contribution in [0, 0.1) is 6.92 Å². The summed E-state index contributed by atoms with van der Waals surface area (Å²) < 4.78 is 44.3. The predicted octanol–water partition coefficient (Wildman–Crippen LogP) is 3.80. The first-order valence-corrected chi connectivity index (χ1v) is 8.30. The summed E-state index contributed by atoms with van der Waals surface area (Å²) in [4.78, 5) is 9.05. The predicted molar refractivity (Wildman–Crippen MR) is 89.0 cm³/mol. The van der Waals surface area contributed by atoms with Crippen molar-refractivity contribution in [1.82, 2.24) is 14.8 Å². The number of halogens is 3. The van der Waals surface area contributed by atoms with E-state index in [-0.39, 0.29) is 5.89 Å². The molecule has 136 valence electrons. The van der Waals surface area contributed by atoms with Gasteiger partial charge in [-0.2, -0.15) is 13.2 Å². The van der Waals surface area contributed by atoms with Gasteiger partial charge in [0.15, 0.2) is 0 Å². The van der Waals surface area contributed by atoms with Crippen molar-refractivity contribution >= 4 is 0 Å². The van der Waals surface area contributed by atoms with Gasteiger partial charge in [0.05, 0.1) is 11.3 Å². The number of hydrogen-bond acceptors (Lipinski definition) is 4. The summed E-state index contributed by atoms with van der Waals surface area (Å²) in [7, 11) is 2.11. The van der Waals surface area contributed by atoms with Crippen LogP contribution in [0.2, 0.25) is 0 Å². The Balaban J connectivity index is 1.79. The Bertz CT molecular complexity index is 741. The van der Waals surface area contributed by atoms with Gasteiger partial charge in [0.2, 0.25) is 5.89 Å². The van der Waals surface area contributed by atoms with Crippen LogP contribution in [0.4, 0.5) is 13.2 Å². The summed E-state index contributed by atoms with van der Waals surface area (Å²) in [5, 5.41) is 0. The standard InChI is InChI=1S/C18H22F3N3O/c1-12-10-24(8-7-23(12)3)11-16-13(2)25-17(22-16)14-5-4-6-15(9-14)18(19,20)21/h4-6,9,12H,7-8,10-11H2,1-3H3/t12-/m1/s1. The van der Waals surface area contributed by atoms with Crippen LogP contribution >= 0.6 is 0 Å². The van der Waals surface area contributed by atoms with E-state index < -0.39 is 11.7 Å². The number of rotatable bonds is 3. The van der Waals surface area contributed by atoms with Crippen molar-refractivity contribution in [3.63, 3.8) is 0 Å². The maximum atomic E-state index is 12.9. The van der Waals surface area contributed by atoms with Gasteiger partial charge in [0.25, 0.3) is 0 Å². The number of piperazine rings is 1. The van der Waals surface area contributed by atoms with Crippen LogP contribution in [0.1, 0.15) is 23.9 Å². The second kappa shape index (κ2) is 6.80. The van der Waals surface area contributed by atoms with E-state index in [4.69, 9.17) is 4.42 Å². The fraction of sp³-hybridized carbons (Fsp3) is 0.500. The minimum atomic E-state index is -4.38. The summed E-state index contributed by atoms with van der Waals surface area (Å²) in [5.41, 5.74) is 0.426. The van der Waals surface area contributed by atoms with Crippen LogP contribution in [-0.4, -0.2) is 47.5 Å². The lowest BCUT2D eigenvalue weighted by Crippen LogP contribution is -2.49. The Kier molecular flexibility index (Phi) is 4.88. The van der Waals surface area contributed by atoms with Crippen molar-refractivity contribution in [2.24, 2.45) is 0 Å². The number of alkyl halides is 3. The molecule has 2 heterocycles. The Morgan fingerprint density at radius 2 is 2.04 bits per heavy atom. The molecular formula is C18H22F3N3O. The van der Waals surface area contributed by atoms with E-state index in [1.165, 1.54) is 6.07 Å². The summed E-state index contributed by atoms with van der Waals surface area (Å²) >= 11 is 0. The van der Waals surface area contributed by atoms with Gasteiger partial charge in [0, 0.05) is 37.8 Å². The largest absolute Gasteiger partial charge is 0.441 e. The Morgan fingerprint density at radius 3 is 2.72 bits per heavy atom. The van der Waals surface area contributed by atoms with E-state index in [2.05, 4.69) is 28.8 Å². The fourth-order valence-electron chi connectivity index (χ4n) is 3.01. The topological polar surface area (TPSA) is 32.5 Å². The Labute approximate surface area is 145 Å². The number of oxazole rings is 1. The maximum Gasteiger partial charge on any atom is 0.416 e. The molecule has 1 saturated heterocycles. The van der Waals surface area contributed by atoms with Crippen LogP contribution in [0.3, 0.4) is 0 Å². The van der Waals surface area contributed by atoms with Crippen molar-refractivity contribution in [2.75, 3.05) is 26.7 Å². The van der Waals surface area contributed by atoms with E-state index in [9.17, 15) is 13.2 Å². The molecule has 1 atom stereocenters. The number of likely N-dealkylation sites (N-methyl/N-ethyl adjacent to an activating group) is 1. The second-order valence-corrected chi connectivity index (χ2v) is 6.67. The minimum absolute atomic E-state index is 0.237. The number of nitrogens with zero attached hydrogens (tertiary/aromatic N) is 3. The molecule has 2 aromatic rings. The molecule has 1 aromatic carbocycles. The highest BCUT2D eigenvalue weighted by atomic mass is 19.4. The average Bonchev–Trinajstić information content (AvgIpc) is 2.91. The number of aryl methyl sites for hydroxylation is 1. The van der Waals surface area contributed by atoms with Gasteiger partial charge in [0.1, 0.15) is 5.76 Å². The van der Waals surface area contributed by atoms with E-state index in [1.807, 2.05) is 0 Å². The van der Waals surface area contributed by atoms with E-state index in [0.717, 1.165) is 37.5 Å². The zero-order valence-electron chi connectivity index (χ0n) is 14.6. The molecule has 4 nitrogen and oxygen atoms in total. The molecule has 1 fully saturated rings. The lowest BCUT2D eigenvalue weighted by atomic mass is 10.1. The van der Waals surface area contributed by atoms with Crippen molar-refractivity contribution in [2.45, 2.75) is 32.6 Å². The smallest absolute Gasteiger partial charge is 0.416 e. The molecule has 3 rings (SSSR count). The monoisotopic (exact) mass is 353 g/mol. The third-order valence-corrected chi connectivity index (χ3v) is 4.75. The average molecular weight is 353 g/mol. The first kappa shape index (κ1) is 17.9. The molecule has 1 aliphatic rings. The molecule has 0 radical (unpaired) electrons. The molecule has 0 aliphatic carbocycles. The molecule has 7 heteroatoms. The summed E-state index contributed by atoms with van der Waals surface area (Å²) in [6.07, 6.45) is -4.38. The maximum absolute atomic E-state index is 12.9. The summed E-state index contributed by atoms with van der Waals surface area (Å²) in [6, 6.07) is 5.55. The first-order chi connectivity index (χ1) is 11.7. The summed E-state index contributed by atoms with van der Waals surface area (Å²) in [6.45, 7) is 7.48. The number of aromatic nitrogens is 1. The van der Waals surface area contributed by atoms with Gasteiger partial charge < -0.3 is 9.32 Å². The van der Waals surface area contributed by atoms with Crippen molar-refractivity contribution in [3.8, 4) is 11.5 Å². The third kappa shape index (κ3) is 4.04. The van der Waals surface area contributed by atoms with Crippen LogP contribution in [0.5, 0.6) is 0 Å². The van der Waals surface area contributed by atoms with Crippen LogP contribution in [-0.2, 0) is 12.7 Å². The quantitative estimate of drug-likeness (QED) is 0.840. The molecule has 0 saturated carbocycles. The van der Waals surface area contributed by atoms with Gasteiger partial charge in [-0.1, -0.05) is 6.07 Å². The highest BCUT2D eigenvalue weighted by molar-refractivity contribution is 5.55. The molecular weight excluding hydrogens is 331 g/mol. The zero-order chi connectivity index (χ0) is 18.2. The van der Waals surface area contributed by atoms with Crippen LogP contribution in [0.15, 0.2) is 28.7 Å². The van der Waals surface area contributed by atoms with Gasteiger partial charge in [-0.25, -0.2) is 4.98 Å². The highest BCUT2D eigenvalue weighted by Gasteiger charge is 2.31. The molecule has 0 unspecified atom stereocenters. The lowest BCUT2D eigenvalue weighted by molar-refractivity contribution is -0.137. The van der Waals surface area contributed by atoms with Crippen molar-refractivity contribution < 1.29 is 17.6 Å². The molecule has 1 aromatic heterocycles. The Hall–Kier alpha value is -1.86. The van der Waals surface area contributed by atoms with Crippen LogP contribution < -0.4 is 0 Å². The molecule has 0 N–H and O–H groups in total.